The Kier molecular flexibility index (Phi) is 2.83. The normalized spacial score (nSPS) is 18.9. The van der Waals surface area contributed by atoms with Gasteiger partial charge in [-0.25, -0.2) is 0 Å². The summed E-state index contributed by atoms with van der Waals surface area (Å²) in [7, 11) is 0. The molecule has 1 aromatic rings. The van der Waals surface area contributed by atoms with Gasteiger partial charge in [0.25, 0.3) is 0 Å². The van der Waals surface area contributed by atoms with Crippen molar-refractivity contribution in [1.29, 1.82) is 0 Å². The molecule has 0 unspecified atom stereocenters. The van der Waals surface area contributed by atoms with Crippen LogP contribution in [0.2, 0.25) is 0 Å². The van der Waals surface area contributed by atoms with Crippen LogP contribution < -0.4 is 5.32 Å². The number of hydrogen-bond donors (Lipinski definition) is 1. The highest BCUT2D eigenvalue weighted by atomic mass is 15.0. The van der Waals surface area contributed by atoms with E-state index in [0.29, 0.717) is 5.41 Å². The highest BCUT2D eigenvalue weighted by molar-refractivity contribution is 5.32. The molecule has 2 rings (SSSR count). The predicted molar refractivity (Wildman–Crippen MR) is 65.2 cm³/mol. The summed E-state index contributed by atoms with van der Waals surface area (Å²) in [6, 6.07) is 9.07. The maximum Gasteiger partial charge on any atom is 0.0205 e. The highest BCUT2D eigenvalue weighted by Gasteiger charge is 2.38. The fourth-order valence-electron chi connectivity index (χ4n) is 2.58. The van der Waals surface area contributed by atoms with Gasteiger partial charge in [0.15, 0.2) is 0 Å². The Hall–Kier alpha value is -0.820. The number of benzene rings is 1. The van der Waals surface area contributed by atoms with Crippen molar-refractivity contribution in [3.8, 4) is 0 Å². The Morgan fingerprint density at radius 2 is 1.80 bits per heavy atom. The zero-order valence-electron chi connectivity index (χ0n) is 10.0. The lowest BCUT2D eigenvalue weighted by atomic mass is 9.70. The van der Waals surface area contributed by atoms with Crippen molar-refractivity contribution >= 4 is 0 Å². The zero-order valence-corrected chi connectivity index (χ0v) is 10.0. The van der Waals surface area contributed by atoms with Crippen LogP contribution in [0.1, 0.15) is 31.4 Å². The van der Waals surface area contributed by atoms with Crippen LogP contribution in [0.15, 0.2) is 24.3 Å². The molecule has 0 bridgehead atoms. The van der Waals surface area contributed by atoms with Crippen LogP contribution in [0.4, 0.5) is 0 Å². The predicted octanol–water partition coefficient (Wildman–Crippen LogP) is 2.88. The van der Waals surface area contributed by atoms with E-state index in [-0.39, 0.29) is 0 Å². The van der Waals surface area contributed by atoms with Gasteiger partial charge in [-0.05, 0) is 24.8 Å². The van der Waals surface area contributed by atoms with E-state index in [0.717, 1.165) is 19.0 Å². The van der Waals surface area contributed by atoms with Gasteiger partial charge in [0.2, 0.25) is 0 Å². The van der Waals surface area contributed by atoms with Crippen LogP contribution in [0, 0.1) is 12.8 Å². The van der Waals surface area contributed by atoms with E-state index in [4.69, 9.17) is 0 Å². The average Bonchev–Trinajstić information content (AvgIpc) is 2.13. The lowest BCUT2D eigenvalue weighted by molar-refractivity contribution is 0.229. The average molecular weight is 203 g/mol. The first-order valence-corrected chi connectivity index (χ1v) is 5.90. The number of aryl methyl sites for hydroxylation is 1. The molecule has 1 heteroatoms. The summed E-state index contributed by atoms with van der Waals surface area (Å²) in [4.78, 5) is 0. The second-order valence-corrected chi connectivity index (χ2v) is 5.35. The van der Waals surface area contributed by atoms with Gasteiger partial charge in [-0.15, -0.1) is 0 Å². The number of rotatable bonds is 3. The van der Waals surface area contributed by atoms with Crippen molar-refractivity contribution in [3.05, 3.63) is 35.4 Å². The number of hydrogen-bond acceptors (Lipinski definition) is 1. The third-order valence-corrected chi connectivity index (χ3v) is 3.39. The van der Waals surface area contributed by atoms with E-state index < -0.39 is 0 Å². The first kappa shape index (κ1) is 10.7. The molecule has 1 heterocycles. The fourth-order valence-corrected chi connectivity index (χ4v) is 2.58. The largest absolute Gasteiger partial charge is 0.315 e. The molecular formula is C14H21N. The summed E-state index contributed by atoms with van der Waals surface area (Å²) >= 11 is 0. The van der Waals surface area contributed by atoms with Gasteiger partial charge in [0.1, 0.15) is 0 Å². The zero-order chi connectivity index (χ0) is 10.9. The van der Waals surface area contributed by atoms with E-state index in [1.54, 1.807) is 0 Å². The second-order valence-electron chi connectivity index (χ2n) is 5.35. The van der Waals surface area contributed by atoms with E-state index in [2.05, 4.69) is 50.4 Å². The molecule has 1 nitrogen and oxygen atoms in total. The van der Waals surface area contributed by atoms with E-state index in [9.17, 15) is 0 Å². The monoisotopic (exact) mass is 203 g/mol. The standard InChI is InChI=1S/C14H21N/c1-11(2)8-14(9-15-10-14)13-6-4-12(3)5-7-13/h4-7,11,15H,8-10H2,1-3H3. The van der Waals surface area contributed by atoms with Gasteiger partial charge in [-0.2, -0.15) is 0 Å². The topological polar surface area (TPSA) is 12.0 Å². The first-order chi connectivity index (χ1) is 7.12. The lowest BCUT2D eigenvalue weighted by Crippen LogP contribution is -2.57. The Labute approximate surface area is 92.9 Å². The van der Waals surface area contributed by atoms with E-state index in [1.165, 1.54) is 17.5 Å². The minimum absolute atomic E-state index is 0.419. The van der Waals surface area contributed by atoms with Gasteiger partial charge in [0.05, 0.1) is 0 Å². The molecule has 82 valence electrons. The van der Waals surface area contributed by atoms with Crippen LogP contribution in [-0.2, 0) is 5.41 Å². The molecule has 1 fully saturated rings. The van der Waals surface area contributed by atoms with Gasteiger partial charge < -0.3 is 5.32 Å². The van der Waals surface area contributed by atoms with Crippen LogP contribution in [0.25, 0.3) is 0 Å². The van der Waals surface area contributed by atoms with Crippen molar-refractivity contribution in [3.63, 3.8) is 0 Å². The molecule has 1 saturated heterocycles. The fraction of sp³-hybridized carbons (Fsp3) is 0.571. The minimum Gasteiger partial charge on any atom is -0.315 e. The molecular weight excluding hydrogens is 182 g/mol. The molecule has 0 amide bonds. The first-order valence-electron chi connectivity index (χ1n) is 5.90. The molecule has 0 aromatic heterocycles. The molecule has 0 atom stereocenters. The van der Waals surface area contributed by atoms with Crippen LogP contribution >= 0.6 is 0 Å². The summed E-state index contributed by atoms with van der Waals surface area (Å²) in [5.74, 6) is 0.772. The van der Waals surface area contributed by atoms with E-state index >= 15 is 0 Å². The molecule has 1 N–H and O–H groups in total. The van der Waals surface area contributed by atoms with Crippen molar-refractivity contribution in [2.24, 2.45) is 5.92 Å². The molecule has 0 saturated carbocycles. The second kappa shape index (κ2) is 3.97. The van der Waals surface area contributed by atoms with Crippen LogP contribution in [0.5, 0.6) is 0 Å². The molecule has 1 aromatic carbocycles. The SMILES string of the molecule is Cc1ccc(C2(CC(C)C)CNC2)cc1. The molecule has 0 aliphatic carbocycles. The highest BCUT2D eigenvalue weighted by Crippen LogP contribution is 2.35. The van der Waals surface area contributed by atoms with Crippen molar-refractivity contribution in [2.75, 3.05) is 13.1 Å². The van der Waals surface area contributed by atoms with Crippen molar-refractivity contribution in [2.45, 2.75) is 32.6 Å². The Bertz CT molecular complexity index is 320. The molecule has 1 aliphatic rings. The summed E-state index contributed by atoms with van der Waals surface area (Å²) in [6.45, 7) is 9.07. The van der Waals surface area contributed by atoms with Gasteiger partial charge in [0, 0.05) is 18.5 Å². The Morgan fingerprint density at radius 1 is 1.20 bits per heavy atom. The summed E-state index contributed by atoms with van der Waals surface area (Å²) in [6.07, 6.45) is 1.29. The molecule has 0 radical (unpaired) electrons. The maximum absolute atomic E-state index is 3.42. The maximum atomic E-state index is 3.42. The van der Waals surface area contributed by atoms with Gasteiger partial charge >= 0.3 is 0 Å². The van der Waals surface area contributed by atoms with Crippen LogP contribution in [-0.4, -0.2) is 13.1 Å². The summed E-state index contributed by atoms with van der Waals surface area (Å²) < 4.78 is 0. The van der Waals surface area contributed by atoms with Crippen molar-refractivity contribution in [1.82, 2.24) is 5.32 Å². The third kappa shape index (κ3) is 2.07. The van der Waals surface area contributed by atoms with E-state index in [1.807, 2.05) is 0 Å². The summed E-state index contributed by atoms with van der Waals surface area (Å²) in [5, 5.41) is 3.42. The quantitative estimate of drug-likeness (QED) is 0.796. The minimum atomic E-state index is 0.419. The smallest absolute Gasteiger partial charge is 0.0205 e. The third-order valence-electron chi connectivity index (χ3n) is 3.39. The Balaban J connectivity index is 2.22. The molecule has 1 aliphatic heterocycles. The molecule has 0 spiro atoms. The molecule has 15 heavy (non-hydrogen) atoms. The number of nitrogens with one attached hydrogen (secondary N) is 1. The lowest BCUT2D eigenvalue weighted by Gasteiger charge is -2.44. The van der Waals surface area contributed by atoms with Gasteiger partial charge in [-0.3, -0.25) is 0 Å². The summed E-state index contributed by atoms with van der Waals surface area (Å²) in [5.41, 5.74) is 3.29. The van der Waals surface area contributed by atoms with Gasteiger partial charge in [-0.1, -0.05) is 43.7 Å². The van der Waals surface area contributed by atoms with Crippen molar-refractivity contribution < 1.29 is 0 Å². The van der Waals surface area contributed by atoms with Crippen LogP contribution in [0.3, 0.4) is 0 Å². The Morgan fingerprint density at radius 3 is 2.20 bits per heavy atom.